The maximum atomic E-state index is 14.0. The van der Waals surface area contributed by atoms with Gasteiger partial charge in [-0.05, 0) is 80.6 Å². The van der Waals surface area contributed by atoms with Crippen LogP contribution in [-0.4, -0.2) is 47.5 Å². The third kappa shape index (κ3) is 3.27. The SMILES string of the molecule is CC[C@]1(C(=O)NC2C3CC4CC2CC(O)(C4)C3)CCCN1S(=O)(=O)c1cccc2ccccc12. The number of sulfonamides is 1. The van der Waals surface area contributed by atoms with Gasteiger partial charge < -0.3 is 10.4 Å². The van der Waals surface area contributed by atoms with Crippen molar-refractivity contribution >= 4 is 26.7 Å². The molecule has 1 saturated heterocycles. The van der Waals surface area contributed by atoms with Gasteiger partial charge in [0.25, 0.3) is 0 Å². The zero-order chi connectivity index (χ0) is 23.7. The number of hydrogen-bond acceptors (Lipinski definition) is 4. The van der Waals surface area contributed by atoms with Crippen LogP contribution in [0.2, 0.25) is 0 Å². The van der Waals surface area contributed by atoms with Crippen LogP contribution >= 0.6 is 0 Å². The average Bonchev–Trinajstić information content (AvgIpc) is 3.26. The van der Waals surface area contributed by atoms with Gasteiger partial charge in [0, 0.05) is 18.0 Å². The molecule has 0 radical (unpaired) electrons. The van der Waals surface area contributed by atoms with Crippen molar-refractivity contribution < 1.29 is 18.3 Å². The molecule has 4 bridgehead atoms. The summed E-state index contributed by atoms with van der Waals surface area (Å²) in [6.45, 7) is 2.28. The minimum Gasteiger partial charge on any atom is -0.390 e. The molecule has 2 aromatic carbocycles. The molecular formula is C27H34N2O4S. The number of hydrogen-bond donors (Lipinski definition) is 2. The van der Waals surface area contributed by atoms with E-state index in [0.717, 1.165) is 37.5 Å². The fourth-order valence-electron chi connectivity index (χ4n) is 7.99. The standard InChI is InChI=1S/C27H34N2O4S/c1-2-27(25(30)28-24-20-13-18-14-21(24)17-26(31,15-18)16-20)11-6-12-29(27)34(32,33)23-10-5-8-19-7-3-4-9-22(19)23/h3-5,7-10,18,20-21,24,31H,2,6,11-17H2,1H3,(H,28,30)/t18?,20?,21?,24?,26?,27-/m1/s1. The van der Waals surface area contributed by atoms with E-state index in [4.69, 9.17) is 0 Å². The topological polar surface area (TPSA) is 86.7 Å². The Balaban J connectivity index is 1.32. The largest absolute Gasteiger partial charge is 0.390 e. The zero-order valence-electron chi connectivity index (χ0n) is 19.7. The summed E-state index contributed by atoms with van der Waals surface area (Å²) in [5, 5.41) is 15.8. The van der Waals surface area contributed by atoms with Gasteiger partial charge in [-0.15, -0.1) is 0 Å². The first-order chi connectivity index (χ1) is 16.3. The Hall–Kier alpha value is -1.96. The van der Waals surface area contributed by atoms with Crippen LogP contribution < -0.4 is 5.32 Å². The molecule has 1 heterocycles. The van der Waals surface area contributed by atoms with Crippen molar-refractivity contribution in [3.8, 4) is 0 Å². The molecule has 182 valence electrons. The highest BCUT2D eigenvalue weighted by molar-refractivity contribution is 7.89. The van der Waals surface area contributed by atoms with Gasteiger partial charge in [-0.3, -0.25) is 4.79 Å². The number of amides is 1. The van der Waals surface area contributed by atoms with Gasteiger partial charge in [0.15, 0.2) is 0 Å². The second kappa shape index (κ2) is 7.77. The van der Waals surface area contributed by atoms with Crippen molar-refractivity contribution in [3.05, 3.63) is 42.5 Å². The second-order valence-corrected chi connectivity index (χ2v) is 13.1. The highest BCUT2D eigenvalue weighted by atomic mass is 32.2. The number of aliphatic hydroxyl groups is 1. The van der Waals surface area contributed by atoms with Crippen molar-refractivity contribution in [1.29, 1.82) is 0 Å². The van der Waals surface area contributed by atoms with E-state index in [1.54, 1.807) is 12.1 Å². The number of nitrogens with zero attached hydrogens (tertiary/aromatic N) is 1. The van der Waals surface area contributed by atoms with Crippen LogP contribution in [-0.2, 0) is 14.8 Å². The van der Waals surface area contributed by atoms with Crippen LogP contribution in [0.3, 0.4) is 0 Å². The van der Waals surface area contributed by atoms with Crippen molar-refractivity contribution in [1.82, 2.24) is 9.62 Å². The van der Waals surface area contributed by atoms with Gasteiger partial charge >= 0.3 is 0 Å². The van der Waals surface area contributed by atoms with E-state index in [-0.39, 0.29) is 16.8 Å². The molecule has 4 aliphatic carbocycles. The van der Waals surface area contributed by atoms with Crippen LogP contribution in [0.15, 0.2) is 47.4 Å². The molecule has 0 aromatic heterocycles. The Bertz CT molecular complexity index is 1220. The number of fused-ring (bicyclic) bond motifs is 1. The first kappa shape index (κ1) is 22.5. The van der Waals surface area contributed by atoms with Gasteiger partial charge in [0.1, 0.15) is 5.54 Å². The summed E-state index contributed by atoms with van der Waals surface area (Å²) >= 11 is 0. The van der Waals surface area contributed by atoms with Crippen LogP contribution in [0.1, 0.15) is 58.3 Å². The molecule has 0 spiro atoms. The molecule has 7 heteroatoms. The van der Waals surface area contributed by atoms with Gasteiger partial charge in [-0.1, -0.05) is 43.3 Å². The lowest BCUT2D eigenvalue weighted by Crippen LogP contribution is -2.65. The summed E-state index contributed by atoms with van der Waals surface area (Å²) < 4.78 is 29.5. The van der Waals surface area contributed by atoms with Gasteiger partial charge in [0.05, 0.1) is 10.5 Å². The predicted octanol–water partition coefficient (Wildman–Crippen LogP) is 3.83. The van der Waals surface area contributed by atoms with Crippen molar-refractivity contribution in [3.63, 3.8) is 0 Å². The minimum atomic E-state index is -3.87. The number of rotatable bonds is 5. The minimum absolute atomic E-state index is 0.0375. The molecular weight excluding hydrogens is 448 g/mol. The third-order valence-electron chi connectivity index (χ3n) is 9.29. The molecule has 2 aromatic rings. The van der Waals surface area contributed by atoms with Crippen LogP contribution in [0.4, 0.5) is 0 Å². The quantitative estimate of drug-likeness (QED) is 0.678. The lowest BCUT2D eigenvalue weighted by Gasteiger charge is -2.58. The fraction of sp³-hybridized carbons (Fsp3) is 0.593. The molecule has 1 aliphatic heterocycles. The molecule has 3 atom stereocenters. The summed E-state index contributed by atoms with van der Waals surface area (Å²) in [5.41, 5.74) is -1.63. The maximum Gasteiger partial charge on any atom is 0.244 e. The van der Waals surface area contributed by atoms with Gasteiger partial charge in [-0.25, -0.2) is 8.42 Å². The summed E-state index contributed by atoms with van der Waals surface area (Å²) in [7, 11) is -3.87. The van der Waals surface area contributed by atoms with Crippen LogP contribution in [0.5, 0.6) is 0 Å². The Kier molecular flexibility index (Phi) is 5.14. The van der Waals surface area contributed by atoms with Crippen molar-refractivity contribution in [2.75, 3.05) is 6.54 Å². The van der Waals surface area contributed by atoms with E-state index in [1.807, 2.05) is 37.3 Å². The lowest BCUT2D eigenvalue weighted by atomic mass is 9.52. The Morgan fingerprint density at radius 2 is 1.79 bits per heavy atom. The molecule has 5 aliphatic rings. The summed E-state index contributed by atoms with van der Waals surface area (Å²) in [4.78, 5) is 14.2. The molecule has 1 amide bonds. The van der Waals surface area contributed by atoms with Crippen molar-refractivity contribution in [2.45, 2.75) is 80.4 Å². The lowest BCUT2D eigenvalue weighted by molar-refractivity contribution is -0.150. The highest BCUT2D eigenvalue weighted by Gasteiger charge is 2.57. The fourth-order valence-corrected chi connectivity index (χ4v) is 10.1. The summed E-state index contributed by atoms with van der Waals surface area (Å²) in [6, 6.07) is 12.9. The number of carbonyl (C=O) groups is 1. The normalized spacial score (nSPS) is 37.4. The Labute approximate surface area is 201 Å². The van der Waals surface area contributed by atoms with Crippen molar-refractivity contribution in [2.24, 2.45) is 17.8 Å². The maximum absolute atomic E-state index is 14.0. The number of carbonyl (C=O) groups excluding carboxylic acids is 1. The molecule has 5 fully saturated rings. The van der Waals surface area contributed by atoms with Gasteiger partial charge in [-0.2, -0.15) is 4.31 Å². The highest BCUT2D eigenvalue weighted by Crippen LogP contribution is 2.56. The van der Waals surface area contributed by atoms with E-state index in [9.17, 15) is 18.3 Å². The van der Waals surface area contributed by atoms with Crippen LogP contribution in [0.25, 0.3) is 10.8 Å². The van der Waals surface area contributed by atoms with E-state index in [1.165, 1.54) is 4.31 Å². The first-order valence-electron chi connectivity index (χ1n) is 12.8. The third-order valence-corrected chi connectivity index (χ3v) is 11.3. The molecule has 6 nitrogen and oxygen atoms in total. The van der Waals surface area contributed by atoms with E-state index < -0.39 is 21.2 Å². The Morgan fingerprint density at radius 1 is 1.09 bits per heavy atom. The van der Waals surface area contributed by atoms with E-state index in [2.05, 4.69) is 5.32 Å². The van der Waals surface area contributed by atoms with E-state index >= 15 is 0 Å². The molecule has 4 saturated carbocycles. The summed E-state index contributed by atoms with van der Waals surface area (Å²) in [5.74, 6) is 0.989. The zero-order valence-corrected chi connectivity index (χ0v) is 20.6. The number of benzene rings is 2. The smallest absolute Gasteiger partial charge is 0.244 e. The van der Waals surface area contributed by atoms with E-state index in [0.29, 0.717) is 48.9 Å². The monoisotopic (exact) mass is 482 g/mol. The van der Waals surface area contributed by atoms with Crippen LogP contribution in [0, 0.1) is 17.8 Å². The first-order valence-corrected chi connectivity index (χ1v) is 14.2. The van der Waals surface area contributed by atoms with Gasteiger partial charge in [0.2, 0.25) is 15.9 Å². The predicted molar refractivity (Wildman–Crippen MR) is 131 cm³/mol. The molecule has 34 heavy (non-hydrogen) atoms. The molecule has 2 N–H and O–H groups in total. The average molecular weight is 483 g/mol. The second-order valence-electron chi connectivity index (χ2n) is 11.2. The number of nitrogens with one attached hydrogen (secondary N) is 1. The summed E-state index contributed by atoms with van der Waals surface area (Å²) in [6.07, 6.45) is 6.17. The molecule has 7 rings (SSSR count). The molecule has 2 unspecified atom stereocenters. The Morgan fingerprint density at radius 3 is 2.50 bits per heavy atom.